The lowest BCUT2D eigenvalue weighted by atomic mass is 10.1. The summed E-state index contributed by atoms with van der Waals surface area (Å²) in [6, 6.07) is 18.0. The van der Waals surface area contributed by atoms with Crippen molar-refractivity contribution in [3.63, 3.8) is 0 Å². The average molecular weight is 392 g/mol. The molecule has 0 saturated carbocycles. The molecule has 2 aromatic heterocycles. The summed E-state index contributed by atoms with van der Waals surface area (Å²) < 4.78 is 34.9. The molecule has 0 aliphatic heterocycles. The zero-order valence-electron chi connectivity index (χ0n) is 15.7. The minimum absolute atomic E-state index is 0.174. The molecule has 4 aromatic rings. The van der Waals surface area contributed by atoms with E-state index < -0.39 is 11.6 Å². The number of benzene rings is 2. The van der Waals surface area contributed by atoms with Gasteiger partial charge in [-0.15, -0.1) is 0 Å². The van der Waals surface area contributed by atoms with Crippen LogP contribution in [0.5, 0.6) is 0 Å². The molecule has 0 atom stereocenters. The zero-order valence-corrected chi connectivity index (χ0v) is 15.7. The van der Waals surface area contributed by atoms with Crippen molar-refractivity contribution in [1.82, 2.24) is 9.88 Å². The van der Waals surface area contributed by atoms with Gasteiger partial charge >= 0.3 is 0 Å². The van der Waals surface area contributed by atoms with Gasteiger partial charge in [-0.2, -0.15) is 0 Å². The highest BCUT2D eigenvalue weighted by Crippen LogP contribution is 2.31. The van der Waals surface area contributed by atoms with Crippen LogP contribution in [0.25, 0.3) is 16.9 Å². The second-order valence-corrected chi connectivity index (χ2v) is 6.59. The number of hydrogen-bond acceptors (Lipinski definition) is 2. The number of furan rings is 1. The maximum atomic E-state index is 14.6. The summed E-state index contributed by atoms with van der Waals surface area (Å²) in [7, 11) is 0. The molecule has 0 spiro atoms. The summed E-state index contributed by atoms with van der Waals surface area (Å²) in [5, 5.41) is 2.81. The van der Waals surface area contributed by atoms with Gasteiger partial charge in [0, 0.05) is 11.8 Å². The van der Waals surface area contributed by atoms with E-state index in [9.17, 15) is 13.6 Å². The van der Waals surface area contributed by atoms with Gasteiger partial charge in [0.25, 0.3) is 5.91 Å². The van der Waals surface area contributed by atoms with Gasteiger partial charge in [0.2, 0.25) is 0 Å². The Bertz CT molecular complexity index is 1150. The van der Waals surface area contributed by atoms with Crippen molar-refractivity contribution in [2.45, 2.75) is 13.5 Å². The molecular formula is C23H18F2N2O2. The molecule has 29 heavy (non-hydrogen) atoms. The van der Waals surface area contributed by atoms with Gasteiger partial charge in [-0.1, -0.05) is 30.3 Å². The van der Waals surface area contributed by atoms with Crippen LogP contribution < -0.4 is 5.32 Å². The molecule has 0 fully saturated rings. The summed E-state index contributed by atoms with van der Waals surface area (Å²) in [6.07, 6.45) is 1.54. The van der Waals surface area contributed by atoms with Crippen LogP contribution in [-0.4, -0.2) is 10.5 Å². The number of hydrogen-bond donors (Lipinski definition) is 1. The molecule has 0 aliphatic rings. The normalized spacial score (nSPS) is 10.9. The summed E-state index contributed by atoms with van der Waals surface area (Å²) >= 11 is 0. The first-order valence-electron chi connectivity index (χ1n) is 9.08. The smallest absolute Gasteiger partial charge is 0.253 e. The van der Waals surface area contributed by atoms with Crippen molar-refractivity contribution in [3.8, 4) is 16.9 Å². The largest absolute Gasteiger partial charge is 0.467 e. The fraction of sp³-hybridized carbons (Fsp3) is 0.0870. The van der Waals surface area contributed by atoms with Crippen LogP contribution in [0.15, 0.2) is 77.4 Å². The predicted molar refractivity (Wildman–Crippen MR) is 106 cm³/mol. The maximum Gasteiger partial charge on any atom is 0.253 e. The molecule has 1 N–H and O–H groups in total. The molecule has 0 saturated heterocycles. The van der Waals surface area contributed by atoms with Crippen molar-refractivity contribution in [1.29, 1.82) is 0 Å². The Morgan fingerprint density at radius 3 is 2.52 bits per heavy atom. The van der Waals surface area contributed by atoms with Crippen LogP contribution in [0.3, 0.4) is 0 Å². The van der Waals surface area contributed by atoms with Crippen molar-refractivity contribution in [2.24, 2.45) is 0 Å². The molecule has 0 radical (unpaired) electrons. The minimum Gasteiger partial charge on any atom is -0.467 e. The third kappa shape index (κ3) is 3.69. The molecular weight excluding hydrogens is 374 g/mol. The van der Waals surface area contributed by atoms with Gasteiger partial charge < -0.3 is 14.3 Å². The van der Waals surface area contributed by atoms with Crippen LogP contribution in [0.2, 0.25) is 0 Å². The van der Waals surface area contributed by atoms with Gasteiger partial charge in [0.05, 0.1) is 29.8 Å². The molecule has 146 valence electrons. The molecule has 0 aliphatic carbocycles. The summed E-state index contributed by atoms with van der Waals surface area (Å²) in [6.45, 7) is 1.97. The SMILES string of the molecule is Cc1c(C(=O)NCc2ccco2)cc(-c2ccccc2)n1-c1ccc(F)cc1F. The first kappa shape index (κ1) is 18.7. The van der Waals surface area contributed by atoms with Crippen molar-refractivity contribution < 1.29 is 18.0 Å². The average Bonchev–Trinajstić information content (AvgIpc) is 3.35. The summed E-state index contributed by atoms with van der Waals surface area (Å²) in [5.41, 5.74) is 2.57. The van der Waals surface area contributed by atoms with E-state index in [1.165, 1.54) is 18.4 Å². The van der Waals surface area contributed by atoms with Gasteiger partial charge in [-0.05, 0) is 42.8 Å². The Kier molecular flexibility index (Phi) is 4.99. The highest BCUT2D eigenvalue weighted by atomic mass is 19.1. The number of amides is 1. The Morgan fingerprint density at radius 1 is 1.03 bits per heavy atom. The molecule has 2 heterocycles. The van der Waals surface area contributed by atoms with Crippen molar-refractivity contribution in [2.75, 3.05) is 0 Å². The highest BCUT2D eigenvalue weighted by molar-refractivity contribution is 5.97. The van der Waals surface area contributed by atoms with Crippen LogP contribution >= 0.6 is 0 Å². The van der Waals surface area contributed by atoms with Crippen molar-refractivity contribution >= 4 is 5.91 Å². The van der Waals surface area contributed by atoms with Crippen LogP contribution in [0.1, 0.15) is 21.8 Å². The Morgan fingerprint density at radius 2 is 1.83 bits per heavy atom. The zero-order chi connectivity index (χ0) is 20.4. The van der Waals surface area contributed by atoms with E-state index in [4.69, 9.17) is 4.42 Å². The van der Waals surface area contributed by atoms with Gasteiger partial charge in [0.1, 0.15) is 17.4 Å². The lowest BCUT2D eigenvalue weighted by molar-refractivity contribution is 0.0947. The summed E-state index contributed by atoms with van der Waals surface area (Å²) in [4.78, 5) is 12.8. The number of carbonyl (C=O) groups excluding carboxylic acids is 1. The van der Waals surface area contributed by atoms with Crippen LogP contribution in [0.4, 0.5) is 8.78 Å². The second kappa shape index (κ2) is 7.75. The van der Waals surface area contributed by atoms with Crippen LogP contribution in [-0.2, 0) is 6.54 Å². The Balaban J connectivity index is 1.79. The third-order valence-electron chi connectivity index (χ3n) is 4.72. The lowest BCUT2D eigenvalue weighted by Crippen LogP contribution is -2.23. The number of aromatic nitrogens is 1. The molecule has 2 aromatic carbocycles. The van der Waals surface area contributed by atoms with Gasteiger partial charge in [-0.25, -0.2) is 8.78 Å². The molecule has 6 heteroatoms. The van der Waals surface area contributed by atoms with E-state index in [0.717, 1.165) is 11.6 Å². The topological polar surface area (TPSA) is 47.2 Å². The van der Waals surface area contributed by atoms with E-state index in [0.29, 0.717) is 22.7 Å². The maximum absolute atomic E-state index is 14.6. The minimum atomic E-state index is -0.705. The Hall–Kier alpha value is -3.67. The molecule has 1 amide bonds. The standard InChI is InChI=1S/C23H18F2N2O2/c1-15-19(23(28)26-14-18-8-5-11-29-18)13-22(16-6-3-2-4-7-16)27(15)21-10-9-17(24)12-20(21)25/h2-13H,14H2,1H3,(H,26,28). The number of nitrogens with zero attached hydrogens (tertiary/aromatic N) is 1. The van der Waals surface area contributed by atoms with Crippen LogP contribution in [0, 0.1) is 18.6 Å². The van der Waals surface area contributed by atoms with Gasteiger partial charge in [0.15, 0.2) is 0 Å². The molecule has 0 bridgehead atoms. The fourth-order valence-corrected chi connectivity index (χ4v) is 3.31. The monoisotopic (exact) mass is 392 g/mol. The number of carbonyl (C=O) groups is 1. The first-order chi connectivity index (χ1) is 14.0. The van der Waals surface area contributed by atoms with E-state index >= 15 is 0 Å². The van der Waals surface area contributed by atoms with Gasteiger partial charge in [-0.3, -0.25) is 4.79 Å². The van der Waals surface area contributed by atoms with E-state index in [2.05, 4.69) is 5.32 Å². The summed E-state index contributed by atoms with van der Waals surface area (Å²) in [5.74, 6) is -1.04. The molecule has 4 nitrogen and oxygen atoms in total. The van der Waals surface area contributed by atoms with E-state index in [1.54, 1.807) is 29.7 Å². The molecule has 4 rings (SSSR count). The highest BCUT2D eigenvalue weighted by Gasteiger charge is 2.21. The first-order valence-corrected chi connectivity index (χ1v) is 9.08. The number of halogens is 2. The predicted octanol–water partition coefficient (Wildman–Crippen LogP) is 5.25. The van der Waals surface area contributed by atoms with E-state index in [-0.39, 0.29) is 18.1 Å². The second-order valence-electron chi connectivity index (χ2n) is 6.59. The van der Waals surface area contributed by atoms with Crippen molar-refractivity contribution in [3.05, 3.63) is 102 Å². The van der Waals surface area contributed by atoms with E-state index in [1.807, 2.05) is 30.3 Å². The number of nitrogens with one attached hydrogen (secondary N) is 1. The number of rotatable bonds is 5. The fourth-order valence-electron chi connectivity index (χ4n) is 3.31. The lowest BCUT2D eigenvalue weighted by Gasteiger charge is -2.13. The molecule has 0 unspecified atom stereocenters. The Labute approximate surface area is 166 Å². The third-order valence-corrected chi connectivity index (χ3v) is 4.72. The quantitative estimate of drug-likeness (QED) is 0.504.